The highest BCUT2D eigenvalue weighted by atomic mass is 16.3. The van der Waals surface area contributed by atoms with Crippen molar-refractivity contribution in [1.82, 2.24) is 0 Å². The first-order valence-electron chi connectivity index (χ1n) is 15.5. The zero-order chi connectivity index (χ0) is 25.0. The number of phenolic OH excluding ortho intramolecular Hbond substituents is 1. The molecule has 1 nitrogen and oxygen atoms in total. The normalized spacial score (nSPS) is 11.4. The van der Waals surface area contributed by atoms with Gasteiger partial charge in [0.1, 0.15) is 5.75 Å². The van der Waals surface area contributed by atoms with E-state index in [9.17, 15) is 5.11 Å². The monoisotopic (exact) mass is 472 g/mol. The first-order chi connectivity index (χ1) is 16.7. The Hall–Kier alpha value is -0.980. The summed E-state index contributed by atoms with van der Waals surface area (Å²) in [7, 11) is 0. The summed E-state index contributed by atoms with van der Waals surface area (Å²) < 4.78 is 0. The minimum Gasteiger partial charge on any atom is -0.507 e. The van der Waals surface area contributed by atoms with E-state index < -0.39 is 0 Å². The van der Waals surface area contributed by atoms with Gasteiger partial charge in [0.15, 0.2) is 0 Å². The molecule has 1 N–H and O–H groups in total. The second kappa shape index (κ2) is 20.2. The topological polar surface area (TPSA) is 20.2 Å². The minimum atomic E-state index is 0.694. The molecule has 0 atom stereocenters. The summed E-state index contributed by atoms with van der Waals surface area (Å²) in [5, 5.41) is 11.6. The molecule has 198 valence electrons. The molecule has 1 rings (SSSR count). The summed E-state index contributed by atoms with van der Waals surface area (Å²) in [6.07, 6.45) is 27.8. The summed E-state index contributed by atoms with van der Waals surface area (Å²) in [4.78, 5) is 0. The molecule has 0 heterocycles. The average molecular weight is 473 g/mol. The zero-order valence-electron chi connectivity index (χ0n) is 24.0. The lowest BCUT2D eigenvalue weighted by Gasteiger charge is -2.25. The van der Waals surface area contributed by atoms with Crippen LogP contribution in [0.5, 0.6) is 5.75 Å². The van der Waals surface area contributed by atoms with Gasteiger partial charge in [0, 0.05) is 0 Å². The maximum absolute atomic E-state index is 11.6. The molecule has 0 radical (unpaired) electrons. The number of hydrogen-bond donors (Lipinski definition) is 1. The largest absolute Gasteiger partial charge is 0.507 e. The molecule has 1 aromatic rings. The number of hydrogen-bond acceptors (Lipinski definition) is 1. The van der Waals surface area contributed by atoms with Crippen LogP contribution in [0.1, 0.15) is 172 Å². The molecule has 0 amide bonds. The molecule has 1 heteroatoms. The maximum Gasteiger partial charge on any atom is 0.122 e. The number of rotatable bonds is 22. The van der Waals surface area contributed by atoms with Gasteiger partial charge in [-0.2, -0.15) is 0 Å². The molecule has 0 aromatic heterocycles. The van der Waals surface area contributed by atoms with Gasteiger partial charge in [0.05, 0.1) is 0 Å². The predicted molar refractivity (Wildman–Crippen MR) is 153 cm³/mol. The van der Waals surface area contributed by atoms with Crippen molar-refractivity contribution < 1.29 is 5.11 Å². The van der Waals surface area contributed by atoms with Crippen molar-refractivity contribution >= 4 is 0 Å². The fraction of sp³-hybridized carbons (Fsp3) is 0.818. The van der Waals surface area contributed by atoms with Crippen LogP contribution in [-0.2, 0) is 32.1 Å². The highest BCUT2D eigenvalue weighted by Gasteiger charge is 2.22. The molecule has 0 aliphatic rings. The zero-order valence-corrected chi connectivity index (χ0v) is 24.0. The van der Waals surface area contributed by atoms with E-state index in [-0.39, 0.29) is 0 Å². The predicted octanol–water partition coefficient (Wildman–Crippen LogP) is 10.8. The van der Waals surface area contributed by atoms with Crippen molar-refractivity contribution in [2.75, 3.05) is 0 Å². The molecule has 0 spiro atoms. The highest BCUT2D eigenvalue weighted by molar-refractivity contribution is 5.56. The van der Waals surface area contributed by atoms with E-state index in [1.807, 2.05) is 0 Å². The Morgan fingerprint density at radius 1 is 0.353 bits per heavy atom. The van der Waals surface area contributed by atoms with Crippen molar-refractivity contribution in [1.29, 1.82) is 0 Å². The molecule has 34 heavy (non-hydrogen) atoms. The SMILES string of the molecule is CCCCCCCc1c(O)c(CCCC)c(CC)c(CCCCCCC)c1CCCCCCC. The Balaban J connectivity index is 3.27. The number of aromatic hydroxyl groups is 1. The van der Waals surface area contributed by atoms with Crippen molar-refractivity contribution in [2.45, 2.75) is 176 Å². The molecule has 0 unspecified atom stereocenters. The van der Waals surface area contributed by atoms with Gasteiger partial charge in [0.25, 0.3) is 0 Å². The Bertz CT molecular complexity index is 630. The van der Waals surface area contributed by atoms with Crippen LogP contribution in [0.15, 0.2) is 0 Å². The molecule has 0 saturated carbocycles. The fourth-order valence-corrected chi connectivity index (χ4v) is 5.65. The van der Waals surface area contributed by atoms with E-state index in [0.717, 1.165) is 19.3 Å². The lowest BCUT2D eigenvalue weighted by atomic mass is 9.81. The fourth-order valence-electron chi connectivity index (χ4n) is 5.65. The van der Waals surface area contributed by atoms with Crippen LogP contribution in [0.3, 0.4) is 0 Å². The standard InChI is InChI=1S/C33H60O/c1-6-11-15-18-21-25-29-28(10-5)31(24-14-9-4)33(34)32(27-23-20-17-13-8-3)30(29)26-22-19-16-12-7-2/h34H,6-27H2,1-5H3. The van der Waals surface area contributed by atoms with Gasteiger partial charge in [-0.05, 0) is 85.6 Å². The van der Waals surface area contributed by atoms with E-state index in [4.69, 9.17) is 0 Å². The van der Waals surface area contributed by atoms with Crippen LogP contribution in [0.2, 0.25) is 0 Å². The van der Waals surface area contributed by atoms with Crippen LogP contribution in [0, 0.1) is 0 Å². The third-order valence-corrected chi connectivity index (χ3v) is 7.75. The summed E-state index contributed by atoms with van der Waals surface area (Å²) in [5.74, 6) is 0.694. The second-order valence-corrected chi connectivity index (χ2v) is 10.7. The molecule has 0 bridgehead atoms. The first kappa shape index (κ1) is 31.1. The van der Waals surface area contributed by atoms with Crippen LogP contribution in [0.25, 0.3) is 0 Å². The Kier molecular flexibility index (Phi) is 18.5. The lowest BCUT2D eigenvalue weighted by Crippen LogP contribution is -2.10. The van der Waals surface area contributed by atoms with Gasteiger partial charge < -0.3 is 5.11 Å². The lowest BCUT2D eigenvalue weighted by molar-refractivity contribution is 0.453. The maximum atomic E-state index is 11.6. The van der Waals surface area contributed by atoms with E-state index in [2.05, 4.69) is 34.6 Å². The van der Waals surface area contributed by atoms with Crippen LogP contribution < -0.4 is 0 Å². The van der Waals surface area contributed by atoms with Crippen molar-refractivity contribution in [3.8, 4) is 5.75 Å². The Morgan fingerprint density at radius 3 is 1.09 bits per heavy atom. The second-order valence-electron chi connectivity index (χ2n) is 10.7. The van der Waals surface area contributed by atoms with Gasteiger partial charge in [-0.1, -0.05) is 118 Å². The average Bonchev–Trinajstić information content (AvgIpc) is 2.84. The van der Waals surface area contributed by atoms with E-state index in [1.165, 1.54) is 139 Å². The number of phenols is 1. The van der Waals surface area contributed by atoms with Crippen LogP contribution in [0.4, 0.5) is 0 Å². The van der Waals surface area contributed by atoms with Crippen molar-refractivity contribution in [2.24, 2.45) is 0 Å². The molecular weight excluding hydrogens is 412 g/mol. The van der Waals surface area contributed by atoms with E-state index in [1.54, 1.807) is 11.1 Å². The van der Waals surface area contributed by atoms with Gasteiger partial charge >= 0.3 is 0 Å². The van der Waals surface area contributed by atoms with E-state index >= 15 is 0 Å². The highest BCUT2D eigenvalue weighted by Crippen LogP contribution is 2.38. The molecule has 0 aliphatic carbocycles. The third kappa shape index (κ3) is 11.2. The van der Waals surface area contributed by atoms with Crippen molar-refractivity contribution in [3.63, 3.8) is 0 Å². The molecule has 0 fully saturated rings. The summed E-state index contributed by atoms with van der Waals surface area (Å²) in [5.41, 5.74) is 7.39. The molecule has 0 saturated heterocycles. The number of benzene rings is 1. The summed E-state index contributed by atoms with van der Waals surface area (Å²) >= 11 is 0. The minimum absolute atomic E-state index is 0.694. The van der Waals surface area contributed by atoms with Gasteiger partial charge in [-0.3, -0.25) is 0 Å². The first-order valence-corrected chi connectivity index (χ1v) is 15.5. The number of unbranched alkanes of at least 4 members (excludes halogenated alkanes) is 13. The molecular formula is C33H60O. The van der Waals surface area contributed by atoms with Crippen LogP contribution in [-0.4, -0.2) is 5.11 Å². The van der Waals surface area contributed by atoms with Crippen LogP contribution >= 0.6 is 0 Å². The van der Waals surface area contributed by atoms with E-state index in [0.29, 0.717) is 5.75 Å². The Labute approximate surface area is 214 Å². The summed E-state index contributed by atoms with van der Waals surface area (Å²) in [6.45, 7) is 11.5. The van der Waals surface area contributed by atoms with Crippen molar-refractivity contribution in [3.05, 3.63) is 27.8 Å². The van der Waals surface area contributed by atoms with Gasteiger partial charge in [0.2, 0.25) is 0 Å². The molecule has 0 aliphatic heterocycles. The Morgan fingerprint density at radius 2 is 0.676 bits per heavy atom. The smallest absolute Gasteiger partial charge is 0.122 e. The quantitative estimate of drug-likeness (QED) is 0.166. The van der Waals surface area contributed by atoms with Gasteiger partial charge in [-0.15, -0.1) is 0 Å². The van der Waals surface area contributed by atoms with Gasteiger partial charge in [-0.25, -0.2) is 0 Å². The third-order valence-electron chi connectivity index (χ3n) is 7.75. The summed E-state index contributed by atoms with van der Waals surface area (Å²) in [6, 6.07) is 0. The molecule has 1 aromatic carbocycles.